The minimum Gasteiger partial charge on any atom is -0.486 e. The highest BCUT2D eigenvalue weighted by atomic mass is 16.6. The van der Waals surface area contributed by atoms with E-state index < -0.39 is 0 Å². The molecule has 1 fully saturated rings. The Morgan fingerprint density at radius 1 is 1.19 bits per heavy atom. The number of H-pyrrole nitrogens is 1. The van der Waals surface area contributed by atoms with E-state index in [2.05, 4.69) is 9.97 Å². The molecule has 1 saturated heterocycles. The Morgan fingerprint density at radius 3 is 2.44 bits per heavy atom. The van der Waals surface area contributed by atoms with Gasteiger partial charge in [-0.25, -0.2) is 4.98 Å². The first-order valence-corrected chi connectivity index (χ1v) is 5.38. The molecule has 16 heavy (non-hydrogen) atoms. The summed E-state index contributed by atoms with van der Waals surface area (Å²) in [6, 6.07) is 0. The Balaban J connectivity index is 2.32. The molecule has 0 bridgehead atoms. The van der Waals surface area contributed by atoms with Crippen molar-refractivity contribution in [2.24, 2.45) is 0 Å². The van der Waals surface area contributed by atoms with Crippen molar-refractivity contribution in [2.75, 3.05) is 13.2 Å². The van der Waals surface area contributed by atoms with Crippen LogP contribution in [0.15, 0.2) is 17.6 Å². The predicted molar refractivity (Wildman–Crippen MR) is 61.7 cm³/mol. The third-order valence-corrected chi connectivity index (χ3v) is 2.41. The highest BCUT2D eigenvalue weighted by molar-refractivity contribution is 5.54. The summed E-state index contributed by atoms with van der Waals surface area (Å²) in [6.45, 7) is 7.05. The minimum atomic E-state index is 0.589. The normalized spacial score (nSPS) is 20.9. The molecule has 2 rings (SSSR count). The first kappa shape index (κ1) is 10.8. The lowest BCUT2D eigenvalue weighted by Crippen LogP contribution is -2.13. The second-order valence-corrected chi connectivity index (χ2v) is 3.69. The molecule has 86 valence electrons. The monoisotopic (exact) mass is 220 g/mol. The summed E-state index contributed by atoms with van der Waals surface area (Å²) in [5.41, 5.74) is 1.94. The van der Waals surface area contributed by atoms with Crippen molar-refractivity contribution in [1.29, 1.82) is 0 Å². The second kappa shape index (κ2) is 4.43. The van der Waals surface area contributed by atoms with Crippen LogP contribution >= 0.6 is 0 Å². The molecule has 1 aromatic heterocycles. The standard InChI is InChI=1S/C12H16N2O2/c1-4-11-12(16-6-5-15-11)7-10-8(2)13-9(3)14-10/h4,7H,5-6H2,1-3H3,(H,13,14)/b11-4+,12-7+. The maximum absolute atomic E-state index is 5.56. The number of hydrogen-bond donors (Lipinski definition) is 1. The molecule has 0 saturated carbocycles. The van der Waals surface area contributed by atoms with Crippen molar-refractivity contribution in [3.8, 4) is 0 Å². The van der Waals surface area contributed by atoms with Crippen LogP contribution in [-0.4, -0.2) is 23.2 Å². The van der Waals surface area contributed by atoms with Gasteiger partial charge in [0.1, 0.15) is 19.0 Å². The largest absolute Gasteiger partial charge is 0.486 e. The van der Waals surface area contributed by atoms with Crippen molar-refractivity contribution < 1.29 is 9.47 Å². The van der Waals surface area contributed by atoms with Crippen LogP contribution in [0.5, 0.6) is 0 Å². The van der Waals surface area contributed by atoms with Gasteiger partial charge in [0.05, 0.1) is 5.69 Å². The SMILES string of the molecule is C/C=C1/OCCO/C1=C/c1nc(C)[nH]c1C. The zero-order chi connectivity index (χ0) is 11.5. The van der Waals surface area contributed by atoms with E-state index in [9.17, 15) is 0 Å². The van der Waals surface area contributed by atoms with E-state index in [1.54, 1.807) is 0 Å². The zero-order valence-corrected chi connectivity index (χ0v) is 9.83. The quantitative estimate of drug-likeness (QED) is 0.790. The van der Waals surface area contributed by atoms with E-state index in [4.69, 9.17) is 9.47 Å². The minimum absolute atomic E-state index is 0.589. The van der Waals surface area contributed by atoms with Crippen LogP contribution in [0.2, 0.25) is 0 Å². The molecule has 1 aliphatic rings. The van der Waals surface area contributed by atoms with Gasteiger partial charge in [0.2, 0.25) is 0 Å². The van der Waals surface area contributed by atoms with Gasteiger partial charge in [-0.1, -0.05) is 0 Å². The molecule has 0 spiro atoms. The van der Waals surface area contributed by atoms with Gasteiger partial charge in [-0.3, -0.25) is 0 Å². The van der Waals surface area contributed by atoms with Crippen molar-refractivity contribution in [2.45, 2.75) is 20.8 Å². The molecule has 4 heteroatoms. The molecule has 4 nitrogen and oxygen atoms in total. The van der Waals surface area contributed by atoms with Gasteiger partial charge in [-0.2, -0.15) is 0 Å². The Kier molecular flexibility index (Phi) is 2.99. The molecule has 1 aliphatic heterocycles. The fraction of sp³-hybridized carbons (Fsp3) is 0.417. The van der Waals surface area contributed by atoms with E-state index in [1.807, 2.05) is 32.9 Å². The van der Waals surface area contributed by atoms with Gasteiger partial charge in [0, 0.05) is 11.8 Å². The number of hydrogen-bond acceptors (Lipinski definition) is 3. The van der Waals surface area contributed by atoms with Gasteiger partial charge in [0.25, 0.3) is 0 Å². The topological polar surface area (TPSA) is 47.1 Å². The first-order chi connectivity index (χ1) is 7.70. The molecular formula is C12H16N2O2. The van der Waals surface area contributed by atoms with Gasteiger partial charge in [-0.05, 0) is 26.8 Å². The van der Waals surface area contributed by atoms with Crippen molar-refractivity contribution in [1.82, 2.24) is 9.97 Å². The lowest BCUT2D eigenvalue weighted by atomic mass is 10.2. The number of allylic oxidation sites excluding steroid dienone is 1. The van der Waals surface area contributed by atoms with E-state index >= 15 is 0 Å². The highest BCUT2D eigenvalue weighted by Gasteiger charge is 2.14. The third kappa shape index (κ3) is 2.10. The van der Waals surface area contributed by atoms with Crippen LogP contribution in [0.25, 0.3) is 6.08 Å². The molecule has 2 heterocycles. The number of ether oxygens (including phenoxy) is 2. The number of aryl methyl sites for hydroxylation is 2. The third-order valence-electron chi connectivity index (χ3n) is 2.41. The number of aromatic amines is 1. The summed E-state index contributed by atoms with van der Waals surface area (Å²) in [5, 5.41) is 0. The van der Waals surface area contributed by atoms with Gasteiger partial charge < -0.3 is 14.5 Å². The molecule has 0 unspecified atom stereocenters. The average molecular weight is 220 g/mol. The maximum Gasteiger partial charge on any atom is 0.163 e. The van der Waals surface area contributed by atoms with Crippen LogP contribution in [0.4, 0.5) is 0 Å². The first-order valence-electron chi connectivity index (χ1n) is 5.38. The number of imidazole rings is 1. The second-order valence-electron chi connectivity index (χ2n) is 3.69. The molecule has 1 N–H and O–H groups in total. The van der Waals surface area contributed by atoms with E-state index in [1.165, 1.54) is 0 Å². The lowest BCUT2D eigenvalue weighted by Gasteiger charge is -2.20. The molecule has 0 amide bonds. The molecule has 0 atom stereocenters. The summed E-state index contributed by atoms with van der Waals surface area (Å²) in [5.74, 6) is 2.44. The fourth-order valence-electron chi connectivity index (χ4n) is 1.68. The predicted octanol–water partition coefficient (Wildman–Crippen LogP) is 2.32. The number of rotatable bonds is 1. The van der Waals surface area contributed by atoms with Crippen molar-refractivity contribution in [3.05, 3.63) is 34.8 Å². The van der Waals surface area contributed by atoms with E-state index in [-0.39, 0.29) is 0 Å². The van der Waals surface area contributed by atoms with Gasteiger partial charge in [0.15, 0.2) is 11.5 Å². The van der Waals surface area contributed by atoms with E-state index in [0.717, 1.165) is 28.7 Å². The van der Waals surface area contributed by atoms with Crippen LogP contribution in [-0.2, 0) is 9.47 Å². The van der Waals surface area contributed by atoms with Crippen LogP contribution in [0.3, 0.4) is 0 Å². The van der Waals surface area contributed by atoms with Gasteiger partial charge >= 0.3 is 0 Å². The molecule has 0 radical (unpaired) electrons. The Hall–Kier alpha value is -1.71. The molecule has 0 aromatic carbocycles. The van der Waals surface area contributed by atoms with Crippen LogP contribution in [0.1, 0.15) is 24.1 Å². The number of aromatic nitrogens is 2. The van der Waals surface area contributed by atoms with Crippen LogP contribution in [0, 0.1) is 13.8 Å². The summed E-state index contributed by atoms with van der Waals surface area (Å²) in [4.78, 5) is 7.54. The van der Waals surface area contributed by atoms with Gasteiger partial charge in [-0.15, -0.1) is 0 Å². The molecule has 1 aromatic rings. The average Bonchev–Trinajstić information content (AvgIpc) is 2.58. The molecule has 0 aliphatic carbocycles. The van der Waals surface area contributed by atoms with Crippen LogP contribution < -0.4 is 0 Å². The zero-order valence-electron chi connectivity index (χ0n) is 9.83. The Bertz CT molecular complexity index is 444. The Labute approximate surface area is 95.0 Å². The van der Waals surface area contributed by atoms with Crippen molar-refractivity contribution >= 4 is 6.08 Å². The number of nitrogens with one attached hydrogen (secondary N) is 1. The summed E-state index contributed by atoms with van der Waals surface area (Å²) < 4.78 is 11.1. The summed E-state index contributed by atoms with van der Waals surface area (Å²) in [7, 11) is 0. The number of nitrogens with zero attached hydrogens (tertiary/aromatic N) is 1. The fourth-order valence-corrected chi connectivity index (χ4v) is 1.68. The summed E-state index contributed by atoms with van der Waals surface area (Å²) >= 11 is 0. The highest BCUT2D eigenvalue weighted by Crippen LogP contribution is 2.21. The van der Waals surface area contributed by atoms with Crippen molar-refractivity contribution in [3.63, 3.8) is 0 Å². The smallest absolute Gasteiger partial charge is 0.163 e. The maximum atomic E-state index is 5.56. The lowest BCUT2D eigenvalue weighted by molar-refractivity contribution is 0.0612. The van der Waals surface area contributed by atoms with E-state index in [0.29, 0.717) is 13.2 Å². The molecular weight excluding hydrogens is 204 g/mol. The Morgan fingerprint density at radius 2 is 1.88 bits per heavy atom. The summed E-state index contributed by atoms with van der Waals surface area (Å²) in [6.07, 6.45) is 3.81.